The second kappa shape index (κ2) is 5.87. The first kappa shape index (κ1) is 15.2. The highest BCUT2D eigenvalue weighted by Gasteiger charge is 2.31. The molecule has 10 heteroatoms. The number of anilines is 3. The number of alkyl halides is 3. The van der Waals surface area contributed by atoms with E-state index in [2.05, 4.69) is 20.4 Å². The molecule has 0 saturated heterocycles. The van der Waals surface area contributed by atoms with Crippen LogP contribution in [0, 0.1) is 0 Å². The highest BCUT2D eigenvalue weighted by molar-refractivity contribution is 5.44. The molecule has 0 amide bonds. The van der Waals surface area contributed by atoms with Gasteiger partial charge in [0.2, 0.25) is 17.8 Å². The molecule has 19 heavy (non-hydrogen) atoms. The number of nitrogen functional groups attached to an aromatic ring is 1. The lowest BCUT2D eigenvalue weighted by molar-refractivity contribution is -0.119. The summed E-state index contributed by atoms with van der Waals surface area (Å²) >= 11 is 0. The van der Waals surface area contributed by atoms with E-state index >= 15 is 0 Å². The maximum absolute atomic E-state index is 12.5. The van der Waals surface area contributed by atoms with E-state index in [-0.39, 0.29) is 24.4 Å². The molecule has 0 aliphatic rings. The SMILES string of the molecule is CCN(CC(F)(F)F)c1nc(NN)nc(N(C)C)n1. The summed E-state index contributed by atoms with van der Waals surface area (Å²) in [5, 5.41) is 0. The molecule has 0 unspecified atom stereocenters. The molecular weight excluding hydrogens is 263 g/mol. The van der Waals surface area contributed by atoms with Crippen molar-refractivity contribution in [3.8, 4) is 0 Å². The number of rotatable bonds is 5. The van der Waals surface area contributed by atoms with Crippen molar-refractivity contribution < 1.29 is 13.2 Å². The molecule has 3 N–H and O–H groups in total. The number of nitrogens with zero attached hydrogens (tertiary/aromatic N) is 5. The Hall–Kier alpha value is -1.84. The van der Waals surface area contributed by atoms with Gasteiger partial charge >= 0.3 is 6.18 Å². The van der Waals surface area contributed by atoms with E-state index in [1.54, 1.807) is 25.9 Å². The zero-order valence-electron chi connectivity index (χ0n) is 10.9. The van der Waals surface area contributed by atoms with Crippen LogP contribution in [0.15, 0.2) is 0 Å². The lowest BCUT2D eigenvalue weighted by Crippen LogP contribution is -2.36. The van der Waals surface area contributed by atoms with Gasteiger partial charge in [-0.3, -0.25) is 5.43 Å². The Morgan fingerprint density at radius 1 is 1.16 bits per heavy atom. The van der Waals surface area contributed by atoms with Gasteiger partial charge in [-0.25, -0.2) is 5.84 Å². The average molecular weight is 279 g/mol. The minimum Gasteiger partial charge on any atom is -0.347 e. The predicted molar refractivity (Wildman–Crippen MR) is 65.9 cm³/mol. The number of halogens is 3. The second-order valence-electron chi connectivity index (χ2n) is 3.93. The Bertz CT molecular complexity index is 421. The molecule has 0 radical (unpaired) electrons. The van der Waals surface area contributed by atoms with Gasteiger partial charge in [-0.05, 0) is 6.92 Å². The smallest absolute Gasteiger partial charge is 0.347 e. The normalized spacial score (nSPS) is 11.3. The number of aromatic nitrogens is 3. The van der Waals surface area contributed by atoms with Gasteiger partial charge in [0.05, 0.1) is 0 Å². The first-order valence-corrected chi connectivity index (χ1v) is 5.48. The monoisotopic (exact) mass is 279 g/mol. The standard InChI is InChI=1S/C9H16F3N7/c1-4-19(5-9(10,11)12)8-15-6(17-13)14-7(16-8)18(2)3/h4-5,13H2,1-3H3,(H,14,15,16,17). The Balaban J connectivity index is 3.12. The highest BCUT2D eigenvalue weighted by atomic mass is 19.4. The molecule has 0 aliphatic carbocycles. The summed E-state index contributed by atoms with van der Waals surface area (Å²) in [7, 11) is 3.33. The first-order chi connectivity index (χ1) is 8.76. The summed E-state index contributed by atoms with van der Waals surface area (Å²) < 4.78 is 37.4. The fraction of sp³-hybridized carbons (Fsp3) is 0.667. The third-order valence-corrected chi connectivity index (χ3v) is 2.18. The Kier molecular flexibility index (Phi) is 4.70. The molecular formula is C9H16F3N7. The van der Waals surface area contributed by atoms with Gasteiger partial charge in [-0.2, -0.15) is 28.1 Å². The average Bonchev–Trinajstić information content (AvgIpc) is 2.34. The zero-order chi connectivity index (χ0) is 14.6. The van der Waals surface area contributed by atoms with E-state index in [4.69, 9.17) is 5.84 Å². The van der Waals surface area contributed by atoms with Gasteiger partial charge in [0.1, 0.15) is 6.54 Å². The van der Waals surface area contributed by atoms with E-state index in [0.717, 1.165) is 4.90 Å². The van der Waals surface area contributed by atoms with Crippen LogP contribution in [0.2, 0.25) is 0 Å². The maximum Gasteiger partial charge on any atom is 0.406 e. The van der Waals surface area contributed by atoms with Crippen molar-refractivity contribution in [2.45, 2.75) is 13.1 Å². The van der Waals surface area contributed by atoms with E-state index in [1.807, 2.05) is 0 Å². The third-order valence-electron chi connectivity index (χ3n) is 2.18. The fourth-order valence-corrected chi connectivity index (χ4v) is 1.30. The summed E-state index contributed by atoms with van der Waals surface area (Å²) in [6.45, 7) is 0.561. The van der Waals surface area contributed by atoms with Crippen LogP contribution in [-0.2, 0) is 0 Å². The second-order valence-corrected chi connectivity index (χ2v) is 3.93. The maximum atomic E-state index is 12.5. The van der Waals surface area contributed by atoms with Gasteiger partial charge in [-0.1, -0.05) is 0 Å². The molecule has 0 fully saturated rings. The van der Waals surface area contributed by atoms with E-state index in [9.17, 15) is 13.2 Å². The molecule has 1 rings (SSSR count). The molecule has 0 saturated carbocycles. The molecule has 0 aliphatic heterocycles. The number of hydrogen-bond donors (Lipinski definition) is 2. The van der Waals surface area contributed by atoms with Crippen molar-refractivity contribution in [2.24, 2.45) is 5.84 Å². The highest BCUT2D eigenvalue weighted by Crippen LogP contribution is 2.21. The van der Waals surface area contributed by atoms with Crippen molar-refractivity contribution in [1.82, 2.24) is 15.0 Å². The van der Waals surface area contributed by atoms with Crippen molar-refractivity contribution in [1.29, 1.82) is 0 Å². The summed E-state index contributed by atoms with van der Waals surface area (Å²) in [5.74, 6) is 5.35. The Labute approximate surface area is 108 Å². The summed E-state index contributed by atoms with van der Waals surface area (Å²) in [6, 6.07) is 0. The van der Waals surface area contributed by atoms with Gasteiger partial charge in [0.15, 0.2) is 0 Å². The number of nitrogens with two attached hydrogens (primary N) is 1. The van der Waals surface area contributed by atoms with Crippen molar-refractivity contribution >= 4 is 17.8 Å². The van der Waals surface area contributed by atoms with E-state index in [0.29, 0.717) is 0 Å². The van der Waals surface area contributed by atoms with Crippen LogP contribution in [0.3, 0.4) is 0 Å². The largest absolute Gasteiger partial charge is 0.406 e. The number of hydrogen-bond acceptors (Lipinski definition) is 7. The van der Waals surface area contributed by atoms with E-state index in [1.165, 1.54) is 0 Å². The summed E-state index contributed by atoms with van der Waals surface area (Å²) in [4.78, 5) is 14.3. The minimum absolute atomic E-state index is 0.00863. The molecule has 0 atom stereocenters. The van der Waals surface area contributed by atoms with Crippen molar-refractivity contribution in [2.75, 3.05) is 42.4 Å². The number of nitrogens with one attached hydrogen (secondary N) is 1. The fourth-order valence-electron chi connectivity index (χ4n) is 1.30. The molecule has 1 heterocycles. The van der Waals surface area contributed by atoms with Crippen LogP contribution in [0.1, 0.15) is 6.92 Å². The predicted octanol–water partition coefficient (Wildman–Crippen LogP) is 0.612. The van der Waals surface area contributed by atoms with E-state index < -0.39 is 12.7 Å². The molecule has 0 bridgehead atoms. The summed E-state index contributed by atoms with van der Waals surface area (Å²) in [5.41, 5.74) is 2.21. The topological polar surface area (TPSA) is 83.2 Å². The van der Waals surface area contributed by atoms with Crippen LogP contribution >= 0.6 is 0 Å². The quantitative estimate of drug-likeness (QED) is 0.603. The minimum atomic E-state index is -4.34. The number of hydrazine groups is 1. The van der Waals surface area contributed by atoms with Crippen molar-refractivity contribution in [3.05, 3.63) is 0 Å². The molecule has 7 nitrogen and oxygen atoms in total. The molecule has 0 spiro atoms. The van der Waals surface area contributed by atoms with Gasteiger partial charge in [-0.15, -0.1) is 0 Å². The lowest BCUT2D eigenvalue weighted by Gasteiger charge is -2.23. The van der Waals surface area contributed by atoms with Crippen molar-refractivity contribution in [3.63, 3.8) is 0 Å². The Morgan fingerprint density at radius 2 is 1.74 bits per heavy atom. The molecule has 0 aromatic carbocycles. The van der Waals surface area contributed by atoms with Gasteiger partial charge in [0, 0.05) is 20.6 Å². The van der Waals surface area contributed by atoms with Gasteiger partial charge in [0.25, 0.3) is 0 Å². The van der Waals surface area contributed by atoms with Gasteiger partial charge < -0.3 is 9.80 Å². The van der Waals surface area contributed by atoms with Crippen LogP contribution in [0.4, 0.5) is 31.0 Å². The third kappa shape index (κ3) is 4.39. The molecule has 108 valence electrons. The molecule has 1 aromatic heterocycles. The first-order valence-electron chi connectivity index (χ1n) is 5.48. The van der Waals surface area contributed by atoms with Crippen LogP contribution in [0.5, 0.6) is 0 Å². The van der Waals surface area contributed by atoms with Crippen LogP contribution < -0.4 is 21.1 Å². The zero-order valence-corrected chi connectivity index (χ0v) is 10.9. The summed E-state index contributed by atoms with van der Waals surface area (Å²) in [6.07, 6.45) is -4.34. The molecule has 1 aromatic rings. The lowest BCUT2D eigenvalue weighted by atomic mass is 10.5. The van der Waals surface area contributed by atoms with Crippen LogP contribution in [-0.4, -0.2) is 48.3 Å². The van der Waals surface area contributed by atoms with Crippen LogP contribution in [0.25, 0.3) is 0 Å². The Morgan fingerprint density at radius 3 is 2.16 bits per heavy atom.